The Morgan fingerprint density at radius 2 is 2.10 bits per heavy atom. The van der Waals surface area contributed by atoms with E-state index in [2.05, 4.69) is 31.2 Å². The number of hydrogen-bond donors (Lipinski definition) is 0. The van der Waals surface area contributed by atoms with E-state index in [0.717, 1.165) is 37.5 Å². The minimum Gasteiger partial charge on any atom is -0.373 e. The second-order valence-electron chi connectivity index (χ2n) is 6.24. The highest BCUT2D eigenvalue weighted by Crippen LogP contribution is 2.48. The van der Waals surface area contributed by atoms with Crippen LogP contribution in [0.1, 0.15) is 38.2 Å². The van der Waals surface area contributed by atoms with Crippen molar-refractivity contribution in [3.8, 4) is 0 Å². The van der Waals surface area contributed by atoms with Crippen LogP contribution in [0.5, 0.6) is 0 Å². The van der Waals surface area contributed by atoms with Crippen LogP contribution in [-0.2, 0) is 16.1 Å². The molecule has 21 heavy (non-hydrogen) atoms. The van der Waals surface area contributed by atoms with E-state index in [4.69, 9.17) is 4.74 Å². The van der Waals surface area contributed by atoms with E-state index in [9.17, 15) is 4.79 Å². The average molecular weight is 282 g/mol. The first kappa shape index (κ1) is 14.3. The molecule has 0 aromatic heterocycles. The number of benzene rings is 1. The molecule has 2 aliphatic carbocycles. The standard InChI is InChI=1S/C19H22O2/c1-19-11-10-18(21-14-15-6-3-2-4-7-15)12-16(19)8-5-9-17(19)13-20/h2-4,6-9,13,18H,5,10-12,14H2,1H3/t18-,19-/m0/s1. The molecule has 3 rings (SSSR count). The van der Waals surface area contributed by atoms with Crippen molar-refractivity contribution in [2.45, 2.75) is 45.3 Å². The van der Waals surface area contributed by atoms with Crippen LogP contribution in [-0.4, -0.2) is 12.4 Å². The third kappa shape index (κ3) is 2.86. The summed E-state index contributed by atoms with van der Waals surface area (Å²) in [7, 11) is 0. The topological polar surface area (TPSA) is 26.3 Å². The van der Waals surface area contributed by atoms with Gasteiger partial charge in [-0.1, -0.05) is 55.0 Å². The highest BCUT2D eigenvalue weighted by molar-refractivity contribution is 5.77. The SMILES string of the molecule is C[C@]12CC[C@H](OCc3ccccc3)CC1=CCC=C2C=O. The molecule has 0 heterocycles. The van der Waals surface area contributed by atoms with Crippen LogP contribution in [0.15, 0.2) is 53.6 Å². The van der Waals surface area contributed by atoms with Gasteiger partial charge in [-0.15, -0.1) is 0 Å². The summed E-state index contributed by atoms with van der Waals surface area (Å²) in [5.74, 6) is 0. The lowest BCUT2D eigenvalue weighted by Crippen LogP contribution is -2.34. The molecule has 2 nitrogen and oxygen atoms in total. The molecular formula is C19H22O2. The van der Waals surface area contributed by atoms with E-state index in [-0.39, 0.29) is 11.5 Å². The molecule has 1 fully saturated rings. The van der Waals surface area contributed by atoms with Crippen molar-refractivity contribution in [3.63, 3.8) is 0 Å². The van der Waals surface area contributed by atoms with Gasteiger partial charge in [-0.3, -0.25) is 4.79 Å². The number of carbonyl (C=O) groups excluding carboxylic acids is 1. The van der Waals surface area contributed by atoms with Gasteiger partial charge in [0, 0.05) is 5.41 Å². The van der Waals surface area contributed by atoms with Crippen molar-refractivity contribution >= 4 is 6.29 Å². The maximum atomic E-state index is 11.3. The Labute approximate surface area is 126 Å². The van der Waals surface area contributed by atoms with Crippen LogP contribution in [0.3, 0.4) is 0 Å². The first-order valence-corrected chi connectivity index (χ1v) is 7.73. The Balaban J connectivity index is 1.63. The summed E-state index contributed by atoms with van der Waals surface area (Å²) in [5.41, 5.74) is 3.52. The van der Waals surface area contributed by atoms with Crippen molar-refractivity contribution in [1.82, 2.24) is 0 Å². The Hall–Kier alpha value is -1.67. The second kappa shape index (κ2) is 5.98. The third-order valence-corrected chi connectivity index (χ3v) is 4.92. The maximum absolute atomic E-state index is 11.3. The van der Waals surface area contributed by atoms with E-state index in [1.165, 1.54) is 11.1 Å². The Bertz CT molecular complexity index is 570. The van der Waals surface area contributed by atoms with Crippen LogP contribution in [0.25, 0.3) is 0 Å². The van der Waals surface area contributed by atoms with E-state index in [1.54, 1.807) is 0 Å². The van der Waals surface area contributed by atoms with Gasteiger partial charge in [0.05, 0.1) is 12.7 Å². The molecule has 0 amide bonds. The average Bonchev–Trinajstić information content (AvgIpc) is 2.53. The highest BCUT2D eigenvalue weighted by atomic mass is 16.5. The second-order valence-corrected chi connectivity index (χ2v) is 6.24. The Kier molecular flexibility index (Phi) is 4.07. The van der Waals surface area contributed by atoms with E-state index in [1.807, 2.05) is 18.2 Å². The molecule has 1 aromatic rings. The van der Waals surface area contributed by atoms with Gasteiger partial charge in [0.25, 0.3) is 0 Å². The number of carbonyl (C=O) groups is 1. The van der Waals surface area contributed by atoms with Gasteiger partial charge in [0.15, 0.2) is 0 Å². The van der Waals surface area contributed by atoms with Gasteiger partial charge in [-0.25, -0.2) is 0 Å². The van der Waals surface area contributed by atoms with Crippen molar-refractivity contribution in [2.75, 3.05) is 0 Å². The van der Waals surface area contributed by atoms with Gasteiger partial charge < -0.3 is 4.74 Å². The van der Waals surface area contributed by atoms with Gasteiger partial charge in [0.2, 0.25) is 0 Å². The van der Waals surface area contributed by atoms with E-state index >= 15 is 0 Å². The minimum atomic E-state index is -0.0490. The zero-order chi connectivity index (χ0) is 14.7. The maximum Gasteiger partial charge on any atom is 0.146 e. The van der Waals surface area contributed by atoms with Crippen molar-refractivity contribution in [1.29, 1.82) is 0 Å². The Morgan fingerprint density at radius 1 is 1.29 bits per heavy atom. The first-order chi connectivity index (χ1) is 10.2. The number of allylic oxidation sites excluding steroid dienone is 3. The van der Waals surface area contributed by atoms with Gasteiger partial charge in [-0.2, -0.15) is 0 Å². The molecule has 1 saturated carbocycles. The van der Waals surface area contributed by atoms with Crippen LogP contribution in [0, 0.1) is 5.41 Å². The fraction of sp³-hybridized carbons (Fsp3) is 0.421. The monoisotopic (exact) mass is 282 g/mol. The highest BCUT2D eigenvalue weighted by Gasteiger charge is 2.39. The molecule has 2 heteroatoms. The Morgan fingerprint density at radius 3 is 2.86 bits per heavy atom. The predicted molar refractivity (Wildman–Crippen MR) is 83.8 cm³/mol. The summed E-state index contributed by atoms with van der Waals surface area (Å²) in [6.07, 6.45) is 9.52. The van der Waals surface area contributed by atoms with Gasteiger partial charge in [0.1, 0.15) is 6.29 Å². The van der Waals surface area contributed by atoms with Crippen LogP contribution >= 0.6 is 0 Å². The summed E-state index contributed by atoms with van der Waals surface area (Å²) < 4.78 is 6.08. The lowest BCUT2D eigenvalue weighted by Gasteiger charge is -2.42. The summed E-state index contributed by atoms with van der Waals surface area (Å²) in [4.78, 5) is 11.3. The molecule has 0 N–H and O–H groups in total. The molecule has 0 radical (unpaired) electrons. The number of hydrogen-bond acceptors (Lipinski definition) is 2. The zero-order valence-corrected chi connectivity index (χ0v) is 12.5. The quantitative estimate of drug-likeness (QED) is 0.610. The zero-order valence-electron chi connectivity index (χ0n) is 12.5. The normalized spacial score (nSPS) is 28.3. The molecule has 0 spiro atoms. The summed E-state index contributed by atoms with van der Waals surface area (Å²) in [6.45, 7) is 2.87. The molecule has 0 aliphatic heterocycles. The molecule has 110 valence electrons. The van der Waals surface area contributed by atoms with Crippen LogP contribution in [0.2, 0.25) is 0 Å². The van der Waals surface area contributed by atoms with Crippen molar-refractivity contribution in [2.24, 2.45) is 5.41 Å². The van der Waals surface area contributed by atoms with Gasteiger partial charge in [-0.05, 0) is 36.8 Å². The first-order valence-electron chi connectivity index (χ1n) is 7.73. The molecule has 0 saturated heterocycles. The molecular weight excluding hydrogens is 260 g/mol. The summed E-state index contributed by atoms with van der Waals surface area (Å²) >= 11 is 0. The van der Waals surface area contributed by atoms with E-state index in [0.29, 0.717) is 6.61 Å². The van der Waals surface area contributed by atoms with Crippen LogP contribution in [0.4, 0.5) is 0 Å². The number of aldehydes is 1. The summed E-state index contributed by atoms with van der Waals surface area (Å²) in [5, 5.41) is 0. The fourth-order valence-corrected chi connectivity index (χ4v) is 3.48. The largest absolute Gasteiger partial charge is 0.373 e. The van der Waals surface area contributed by atoms with Crippen molar-refractivity contribution < 1.29 is 9.53 Å². The molecule has 2 aliphatic rings. The summed E-state index contributed by atoms with van der Waals surface area (Å²) in [6, 6.07) is 10.3. The lowest BCUT2D eigenvalue weighted by molar-refractivity contribution is -0.106. The predicted octanol–water partition coefficient (Wildman–Crippen LogP) is 4.22. The van der Waals surface area contributed by atoms with E-state index < -0.39 is 0 Å². The molecule has 2 atom stereocenters. The minimum absolute atomic E-state index is 0.0490. The van der Waals surface area contributed by atoms with Gasteiger partial charge >= 0.3 is 0 Å². The van der Waals surface area contributed by atoms with Crippen LogP contribution < -0.4 is 0 Å². The number of ether oxygens (including phenoxy) is 1. The molecule has 0 bridgehead atoms. The third-order valence-electron chi connectivity index (χ3n) is 4.92. The number of fused-ring (bicyclic) bond motifs is 1. The molecule has 1 aromatic carbocycles. The smallest absolute Gasteiger partial charge is 0.146 e. The molecule has 0 unspecified atom stereocenters. The lowest BCUT2D eigenvalue weighted by atomic mass is 9.64. The van der Waals surface area contributed by atoms with Crippen molar-refractivity contribution in [3.05, 3.63) is 59.2 Å². The number of rotatable bonds is 4. The fourth-order valence-electron chi connectivity index (χ4n) is 3.48.